The van der Waals surface area contributed by atoms with Gasteiger partial charge in [0.1, 0.15) is 12.4 Å². The van der Waals surface area contributed by atoms with Gasteiger partial charge in [0, 0.05) is 37.0 Å². The standard InChI is InChI=1S/C21H23N5O2.ClH/c1-14(24-21(27)20-18-12-22-10-8-19(18)25-26-20)15-5-4-7-17(11-15)28-13-16-6-2-3-9-23-16;/h2-7,9,11,14,22H,8,10,12-13H2,1H3,(H,24,27)(H,25,26);1H. The molecule has 29 heavy (non-hydrogen) atoms. The smallest absolute Gasteiger partial charge is 0.272 e. The summed E-state index contributed by atoms with van der Waals surface area (Å²) in [5, 5.41) is 13.5. The van der Waals surface area contributed by atoms with Crippen LogP contribution in [0, 0.1) is 0 Å². The van der Waals surface area contributed by atoms with Gasteiger partial charge in [-0.2, -0.15) is 5.10 Å². The van der Waals surface area contributed by atoms with Crippen molar-refractivity contribution >= 4 is 18.3 Å². The first kappa shape index (κ1) is 20.8. The second-order valence-electron chi connectivity index (χ2n) is 6.83. The topological polar surface area (TPSA) is 91.9 Å². The van der Waals surface area contributed by atoms with Crippen LogP contribution in [0.1, 0.15) is 46.0 Å². The Bertz CT molecular complexity index is 961. The van der Waals surface area contributed by atoms with Crippen molar-refractivity contribution < 1.29 is 9.53 Å². The van der Waals surface area contributed by atoms with Gasteiger partial charge in [-0.15, -0.1) is 12.4 Å². The molecule has 0 bridgehead atoms. The van der Waals surface area contributed by atoms with Crippen molar-refractivity contribution in [2.24, 2.45) is 0 Å². The fraction of sp³-hybridized carbons (Fsp3) is 0.286. The van der Waals surface area contributed by atoms with E-state index < -0.39 is 0 Å². The van der Waals surface area contributed by atoms with Gasteiger partial charge in [0.25, 0.3) is 5.91 Å². The van der Waals surface area contributed by atoms with Gasteiger partial charge in [0.15, 0.2) is 5.69 Å². The van der Waals surface area contributed by atoms with Crippen LogP contribution in [0.4, 0.5) is 0 Å². The van der Waals surface area contributed by atoms with E-state index in [0.29, 0.717) is 18.8 Å². The van der Waals surface area contributed by atoms with Crippen LogP contribution in [-0.4, -0.2) is 27.6 Å². The quantitative estimate of drug-likeness (QED) is 0.577. The molecular weight excluding hydrogens is 390 g/mol. The van der Waals surface area contributed by atoms with E-state index in [0.717, 1.165) is 41.2 Å². The van der Waals surface area contributed by atoms with Crippen LogP contribution < -0.4 is 15.4 Å². The van der Waals surface area contributed by atoms with Crippen molar-refractivity contribution in [2.75, 3.05) is 6.54 Å². The molecule has 152 valence electrons. The molecule has 0 saturated heterocycles. The highest BCUT2D eigenvalue weighted by molar-refractivity contribution is 5.94. The summed E-state index contributed by atoms with van der Waals surface area (Å²) >= 11 is 0. The lowest BCUT2D eigenvalue weighted by molar-refractivity contribution is 0.0933. The number of pyridine rings is 1. The maximum atomic E-state index is 12.7. The highest BCUT2D eigenvalue weighted by Gasteiger charge is 2.22. The molecule has 0 spiro atoms. The first-order chi connectivity index (χ1) is 13.7. The maximum Gasteiger partial charge on any atom is 0.272 e. The largest absolute Gasteiger partial charge is 0.487 e. The molecule has 3 aromatic rings. The molecule has 1 amide bonds. The number of amides is 1. The van der Waals surface area contributed by atoms with Crippen molar-refractivity contribution in [2.45, 2.75) is 32.5 Å². The highest BCUT2D eigenvalue weighted by Crippen LogP contribution is 2.21. The van der Waals surface area contributed by atoms with Crippen LogP contribution in [-0.2, 0) is 19.6 Å². The highest BCUT2D eigenvalue weighted by atomic mass is 35.5. The zero-order valence-electron chi connectivity index (χ0n) is 16.1. The maximum absolute atomic E-state index is 12.7. The Labute approximate surface area is 175 Å². The summed E-state index contributed by atoms with van der Waals surface area (Å²) in [6.45, 7) is 3.92. The monoisotopic (exact) mass is 413 g/mol. The number of carbonyl (C=O) groups is 1. The number of fused-ring (bicyclic) bond motifs is 1. The molecule has 2 aromatic heterocycles. The minimum Gasteiger partial charge on any atom is -0.487 e. The van der Waals surface area contributed by atoms with Crippen LogP contribution in [0.2, 0.25) is 0 Å². The predicted octanol–water partition coefficient (Wildman–Crippen LogP) is 2.94. The number of aromatic amines is 1. The minimum atomic E-state index is -0.173. The molecule has 1 aliphatic heterocycles. The molecule has 4 rings (SSSR count). The molecule has 8 heteroatoms. The van der Waals surface area contributed by atoms with Crippen LogP contribution in [0.5, 0.6) is 5.75 Å². The van der Waals surface area contributed by atoms with Crippen molar-refractivity contribution in [3.63, 3.8) is 0 Å². The third kappa shape index (κ3) is 4.93. The number of nitrogens with zero attached hydrogens (tertiary/aromatic N) is 2. The van der Waals surface area contributed by atoms with Gasteiger partial charge in [-0.25, -0.2) is 0 Å². The van der Waals surface area contributed by atoms with Crippen molar-refractivity contribution in [1.29, 1.82) is 0 Å². The number of rotatable bonds is 6. The van der Waals surface area contributed by atoms with Crippen LogP contribution >= 0.6 is 12.4 Å². The SMILES string of the molecule is CC(NC(=O)c1n[nH]c2c1CNCC2)c1cccc(OCc2ccccn2)c1.Cl. The van der Waals surface area contributed by atoms with E-state index in [2.05, 4.69) is 25.8 Å². The van der Waals surface area contributed by atoms with Gasteiger partial charge < -0.3 is 15.4 Å². The Morgan fingerprint density at radius 2 is 2.17 bits per heavy atom. The third-order valence-electron chi connectivity index (χ3n) is 4.84. The van der Waals surface area contributed by atoms with E-state index in [1.54, 1.807) is 6.20 Å². The third-order valence-corrected chi connectivity index (χ3v) is 4.84. The fourth-order valence-electron chi connectivity index (χ4n) is 3.28. The lowest BCUT2D eigenvalue weighted by Crippen LogP contribution is -2.30. The fourth-order valence-corrected chi connectivity index (χ4v) is 3.28. The minimum absolute atomic E-state index is 0. The van der Waals surface area contributed by atoms with Crippen LogP contribution in [0.15, 0.2) is 48.7 Å². The molecule has 1 aliphatic rings. The lowest BCUT2D eigenvalue weighted by atomic mass is 10.1. The van der Waals surface area contributed by atoms with E-state index >= 15 is 0 Å². The van der Waals surface area contributed by atoms with Crippen molar-refractivity contribution in [3.05, 3.63) is 76.9 Å². The summed E-state index contributed by atoms with van der Waals surface area (Å²) in [6, 6.07) is 13.3. The van der Waals surface area contributed by atoms with Crippen LogP contribution in [0.3, 0.4) is 0 Å². The number of nitrogens with one attached hydrogen (secondary N) is 3. The summed E-state index contributed by atoms with van der Waals surface area (Å²) in [5.41, 5.74) is 4.31. The van der Waals surface area contributed by atoms with E-state index in [1.165, 1.54) is 0 Å². The first-order valence-electron chi connectivity index (χ1n) is 9.41. The van der Waals surface area contributed by atoms with Gasteiger partial charge in [-0.1, -0.05) is 18.2 Å². The molecular formula is C21H24ClN5O2. The Hall–Kier alpha value is -2.90. The predicted molar refractivity (Wildman–Crippen MR) is 112 cm³/mol. The molecule has 1 aromatic carbocycles. The summed E-state index contributed by atoms with van der Waals surface area (Å²) < 4.78 is 5.83. The average molecular weight is 414 g/mol. The zero-order valence-corrected chi connectivity index (χ0v) is 17.0. The first-order valence-corrected chi connectivity index (χ1v) is 9.41. The molecule has 1 unspecified atom stereocenters. The normalized spacial score (nSPS) is 13.7. The van der Waals surface area contributed by atoms with Gasteiger partial charge in [0.05, 0.1) is 11.7 Å². The summed E-state index contributed by atoms with van der Waals surface area (Å²) in [4.78, 5) is 17.0. The number of benzene rings is 1. The Balaban J connectivity index is 0.00000240. The molecule has 3 N–H and O–H groups in total. The lowest BCUT2D eigenvalue weighted by Gasteiger charge is -2.16. The Kier molecular flexibility index (Phi) is 6.85. The number of carbonyl (C=O) groups excluding carboxylic acids is 1. The van der Waals surface area contributed by atoms with Gasteiger partial charge in [0.2, 0.25) is 0 Å². The number of hydrogen-bond donors (Lipinski definition) is 3. The Morgan fingerprint density at radius 3 is 3.00 bits per heavy atom. The van der Waals surface area contributed by atoms with E-state index in [-0.39, 0.29) is 24.4 Å². The van der Waals surface area contributed by atoms with E-state index in [1.807, 2.05) is 49.4 Å². The molecule has 0 aliphatic carbocycles. The Morgan fingerprint density at radius 1 is 1.28 bits per heavy atom. The van der Waals surface area contributed by atoms with E-state index in [4.69, 9.17) is 4.74 Å². The van der Waals surface area contributed by atoms with E-state index in [9.17, 15) is 4.79 Å². The molecule has 3 heterocycles. The number of ether oxygens (including phenoxy) is 1. The molecule has 7 nitrogen and oxygen atoms in total. The number of hydrogen-bond acceptors (Lipinski definition) is 5. The van der Waals surface area contributed by atoms with Crippen molar-refractivity contribution in [3.8, 4) is 5.75 Å². The molecule has 0 radical (unpaired) electrons. The van der Waals surface area contributed by atoms with Crippen LogP contribution in [0.25, 0.3) is 0 Å². The molecule has 0 saturated carbocycles. The second kappa shape index (κ2) is 9.54. The van der Waals surface area contributed by atoms with Crippen molar-refractivity contribution in [1.82, 2.24) is 25.8 Å². The number of H-pyrrole nitrogens is 1. The second-order valence-corrected chi connectivity index (χ2v) is 6.83. The van der Waals surface area contributed by atoms with Gasteiger partial charge in [-0.05, 0) is 36.8 Å². The zero-order chi connectivity index (χ0) is 19.3. The van der Waals surface area contributed by atoms with Gasteiger partial charge in [-0.3, -0.25) is 14.9 Å². The number of aromatic nitrogens is 3. The van der Waals surface area contributed by atoms with Gasteiger partial charge >= 0.3 is 0 Å². The summed E-state index contributed by atoms with van der Waals surface area (Å²) in [7, 11) is 0. The summed E-state index contributed by atoms with van der Waals surface area (Å²) in [5.74, 6) is 0.569. The molecule has 1 atom stereocenters. The summed E-state index contributed by atoms with van der Waals surface area (Å²) in [6.07, 6.45) is 2.61. The average Bonchev–Trinajstić information content (AvgIpc) is 3.17. The number of halogens is 1. The molecule has 0 fully saturated rings.